The lowest BCUT2D eigenvalue weighted by Gasteiger charge is -2.43. The molecule has 10 heteroatoms. The number of H-pyrrole nitrogens is 1. The Morgan fingerprint density at radius 1 is 0.889 bits per heavy atom. The van der Waals surface area contributed by atoms with Crippen LogP contribution in [0.15, 0.2) is 76.6 Å². The Balaban J connectivity index is 1.14. The molecule has 2 aliphatic carbocycles. The van der Waals surface area contributed by atoms with Gasteiger partial charge >= 0.3 is 4.87 Å². The third kappa shape index (κ3) is 4.36. The average molecular weight is 641 g/mol. The van der Waals surface area contributed by atoms with Crippen LogP contribution in [0.2, 0.25) is 0 Å². The van der Waals surface area contributed by atoms with Gasteiger partial charge in [0.05, 0.1) is 36.8 Å². The zero-order chi connectivity index (χ0) is 31.0. The molecule has 2 saturated carbocycles. The number of carbonyl (C=O) groups is 2. The highest BCUT2D eigenvalue weighted by Gasteiger charge is 2.69. The number of aromatic amines is 1. The molecule has 2 aliphatic heterocycles. The molecule has 4 aromatic rings. The summed E-state index contributed by atoms with van der Waals surface area (Å²) in [6.07, 6.45) is 0.829. The van der Waals surface area contributed by atoms with Crippen molar-refractivity contribution in [2.45, 2.75) is 36.1 Å². The molecule has 7 atom stereocenters. The number of hydrogen-bond acceptors (Lipinski definition) is 8. The minimum Gasteiger partial charge on any atom is -0.497 e. The molecule has 8 rings (SSSR count). The smallest absolute Gasteiger partial charge is 0.305 e. The fraction of sp³-hybridized carbons (Fsp3) is 0.343. The van der Waals surface area contributed by atoms with Crippen LogP contribution >= 0.6 is 23.1 Å². The molecule has 8 nitrogen and oxygen atoms in total. The number of carbonyl (C=O) groups excluding carboxylic acids is 2. The molecule has 230 valence electrons. The summed E-state index contributed by atoms with van der Waals surface area (Å²) in [5.41, 5.74) is 3.87. The summed E-state index contributed by atoms with van der Waals surface area (Å²) in [4.78, 5) is 46.0. The number of methoxy groups -OCH3 is 2. The summed E-state index contributed by atoms with van der Waals surface area (Å²) in [5, 5.41) is 0.984. The second-order valence-corrected chi connectivity index (χ2v) is 14.5. The van der Waals surface area contributed by atoms with Gasteiger partial charge in [-0.15, -0.1) is 11.8 Å². The molecule has 1 saturated heterocycles. The highest BCUT2D eigenvalue weighted by Crippen LogP contribution is 2.68. The first kappa shape index (κ1) is 28.5. The fourth-order valence-corrected chi connectivity index (χ4v) is 11.2. The van der Waals surface area contributed by atoms with E-state index in [4.69, 9.17) is 14.2 Å². The molecule has 3 fully saturated rings. The van der Waals surface area contributed by atoms with Crippen LogP contribution in [0.1, 0.15) is 33.9 Å². The van der Waals surface area contributed by atoms with Gasteiger partial charge in [0.2, 0.25) is 11.8 Å². The van der Waals surface area contributed by atoms with Crippen LogP contribution < -0.4 is 24.0 Å². The maximum Gasteiger partial charge on any atom is 0.305 e. The van der Waals surface area contributed by atoms with E-state index in [2.05, 4.69) is 30.1 Å². The Morgan fingerprint density at radius 2 is 1.64 bits per heavy atom. The van der Waals surface area contributed by atoms with Crippen molar-refractivity contribution in [3.63, 3.8) is 0 Å². The van der Waals surface area contributed by atoms with E-state index >= 15 is 0 Å². The predicted octanol–water partition coefficient (Wildman–Crippen LogP) is 6.02. The zero-order valence-corrected chi connectivity index (χ0v) is 26.7. The summed E-state index contributed by atoms with van der Waals surface area (Å²) in [7, 11) is 3.23. The highest BCUT2D eigenvalue weighted by molar-refractivity contribution is 8.00. The molecule has 3 aromatic carbocycles. The van der Waals surface area contributed by atoms with Crippen LogP contribution in [0.5, 0.6) is 17.2 Å². The van der Waals surface area contributed by atoms with E-state index in [0.29, 0.717) is 29.5 Å². The predicted molar refractivity (Wildman–Crippen MR) is 172 cm³/mol. The van der Waals surface area contributed by atoms with Crippen molar-refractivity contribution in [1.82, 2.24) is 4.98 Å². The van der Waals surface area contributed by atoms with Gasteiger partial charge in [0.15, 0.2) is 11.5 Å². The van der Waals surface area contributed by atoms with Crippen molar-refractivity contribution in [2.75, 3.05) is 19.1 Å². The van der Waals surface area contributed by atoms with E-state index < -0.39 is 0 Å². The zero-order valence-electron chi connectivity index (χ0n) is 25.0. The third-order valence-corrected chi connectivity index (χ3v) is 12.8. The Kier molecular flexibility index (Phi) is 6.83. The van der Waals surface area contributed by atoms with E-state index in [1.807, 2.05) is 24.3 Å². The number of benzene rings is 3. The van der Waals surface area contributed by atoms with Crippen molar-refractivity contribution < 1.29 is 23.8 Å². The van der Waals surface area contributed by atoms with E-state index in [9.17, 15) is 14.4 Å². The fourth-order valence-electron chi connectivity index (χ4n) is 8.30. The number of thioether (sulfide) groups is 1. The number of aryl methyl sites for hydroxylation is 1. The first-order valence-electron chi connectivity index (χ1n) is 15.1. The lowest BCUT2D eigenvalue weighted by atomic mass is 9.68. The number of thiazole rings is 1. The molecular formula is C35H32N2O6S2. The van der Waals surface area contributed by atoms with Gasteiger partial charge in [-0.25, -0.2) is 0 Å². The van der Waals surface area contributed by atoms with Gasteiger partial charge in [-0.1, -0.05) is 41.7 Å². The molecule has 4 aliphatic rings. The largest absolute Gasteiger partial charge is 0.497 e. The van der Waals surface area contributed by atoms with Gasteiger partial charge < -0.3 is 19.2 Å². The van der Waals surface area contributed by atoms with E-state index in [0.717, 1.165) is 33.0 Å². The normalized spacial score (nSPS) is 27.7. The number of imide groups is 1. The standard InChI is InChI=1S/C35H32N2O6S2/c1-17-6-4-5-7-19(17)16-43-24-13-8-18(14-25(24)42-3)26-27-22-15-23(30(27)44-32-31(26)45-35(40)36-32)29-28(22)33(38)37(34(29)39)20-9-11-21(41-2)12-10-20/h4-14,22-23,26-30H,15-16H2,1-3H3,(H,36,40)/t22?,23?,26-,27?,28?,29?,30?/m1/s1. The number of hydrogen-bond donors (Lipinski definition) is 1. The van der Waals surface area contributed by atoms with Crippen molar-refractivity contribution >= 4 is 40.6 Å². The molecular weight excluding hydrogens is 609 g/mol. The molecule has 2 amide bonds. The maximum atomic E-state index is 14.0. The number of rotatable bonds is 7. The minimum atomic E-state index is -0.371. The lowest BCUT2D eigenvalue weighted by molar-refractivity contribution is -0.123. The van der Waals surface area contributed by atoms with Crippen molar-refractivity contribution in [3.8, 4) is 17.2 Å². The van der Waals surface area contributed by atoms with Gasteiger partial charge in [0.1, 0.15) is 12.4 Å². The lowest BCUT2D eigenvalue weighted by Crippen LogP contribution is -2.42. The summed E-state index contributed by atoms with van der Waals surface area (Å²) < 4.78 is 17.3. The van der Waals surface area contributed by atoms with Gasteiger partial charge in [-0.05, 0) is 84.2 Å². The molecule has 3 heterocycles. The van der Waals surface area contributed by atoms with Crippen LogP contribution in [0.25, 0.3) is 0 Å². The molecule has 2 bridgehead atoms. The van der Waals surface area contributed by atoms with Crippen LogP contribution in [-0.2, 0) is 16.2 Å². The topological polar surface area (TPSA) is 97.9 Å². The van der Waals surface area contributed by atoms with Gasteiger partial charge in [0.25, 0.3) is 0 Å². The number of amides is 2. The van der Waals surface area contributed by atoms with Crippen LogP contribution in [0.4, 0.5) is 5.69 Å². The van der Waals surface area contributed by atoms with Crippen LogP contribution in [0.3, 0.4) is 0 Å². The van der Waals surface area contributed by atoms with Gasteiger partial charge in [0, 0.05) is 16.0 Å². The SMILES string of the molecule is COc1ccc(N2C(=O)C3C4CC(C3C2=O)C2C4Sc3[nH]c(=O)sc3[C@@H]2c2ccc(OCc3ccccc3C)c(OC)c2)cc1. The van der Waals surface area contributed by atoms with E-state index in [1.54, 1.807) is 50.2 Å². The second kappa shape index (κ2) is 10.8. The third-order valence-electron chi connectivity index (χ3n) is 10.2. The Hall–Kier alpha value is -4.02. The van der Waals surface area contributed by atoms with E-state index in [-0.39, 0.29) is 57.4 Å². The second-order valence-electron chi connectivity index (χ2n) is 12.3. The van der Waals surface area contributed by atoms with Gasteiger partial charge in [-0.2, -0.15) is 0 Å². The quantitative estimate of drug-likeness (QED) is 0.247. The Morgan fingerprint density at radius 3 is 2.38 bits per heavy atom. The maximum absolute atomic E-state index is 14.0. The summed E-state index contributed by atoms with van der Waals surface area (Å²) in [6, 6.07) is 21.3. The number of anilines is 1. The Labute approximate surface area is 268 Å². The number of nitrogens with zero attached hydrogens (tertiary/aromatic N) is 1. The molecule has 0 spiro atoms. The minimum absolute atomic E-state index is 0.0236. The number of fused-ring (bicyclic) bond motifs is 9. The molecule has 1 N–H and O–H groups in total. The van der Waals surface area contributed by atoms with Crippen molar-refractivity contribution in [2.24, 2.45) is 29.6 Å². The monoisotopic (exact) mass is 640 g/mol. The first-order chi connectivity index (χ1) is 21.9. The summed E-state index contributed by atoms with van der Waals surface area (Å²) in [5.74, 6) is 1.05. The van der Waals surface area contributed by atoms with Crippen LogP contribution in [0, 0.1) is 36.5 Å². The first-order valence-corrected chi connectivity index (χ1v) is 16.8. The highest BCUT2D eigenvalue weighted by atomic mass is 32.2. The average Bonchev–Trinajstić information content (AvgIpc) is 3.79. The Bertz CT molecular complexity index is 1880. The number of nitrogens with one attached hydrogen (secondary N) is 1. The number of aromatic nitrogens is 1. The molecule has 1 aromatic heterocycles. The van der Waals surface area contributed by atoms with Gasteiger partial charge in [-0.3, -0.25) is 19.3 Å². The molecule has 0 radical (unpaired) electrons. The van der Waals surface area contributed by atoms with E-state index in [1.165, 1.54) is 16.2 Å². The van der Waals surface area contributed by atoms with Crippen molar-refractivity contribution in [3.05, 3.63) is 98.0 Å². The summed E-state index contributed by atoms with van der Waals surface area (Å²) in [6.45, 7) is 2.49. The van der Waals surface area contributed by atoms with Crippen molar-refractivity contribution in [1.29, 1.82) is 0 Å². The molecule has 45 heavy (non-hydrogen) atoms. The number of ether oxygens (including phenoxy) is 3. The summed E-state index contributed by atoms with van der Waals surface area (Å²) >= 11 is 2.93. The van der Waals surface area contributed by atoms with Crippen LogP contribution in [-0.4, -0.2) is 36.3 Å². The molecule has 6 unspecified atom stereocenters.